The van der Waals surface area contributed by atoms with Crippen molar-refractivity contribution in [2.75, 3.05) is 20.2 Å². The van der Waals surface area contributed by atoms with Gasteiger partial charge in [0.05, 0.1) is 32.2 Å². The van der Waals surface area contributed by atoms with E-state index in [2.05, 4.69) is 10.1 Å². The third-order valence-electron chi connectivity index (χ3n) is 5.56. The van der Waals surface area contributed by atoms with E-state index in [9.17, 15) is 4.79 Å². The third kappa shape index (κ3) is 4.57. The summed E-state index contributed by atoms with van der Waals surface area (Å²) in [6.07, 6.45) is 0.252. The zero-order chi connectivity index (χ0) is 22.6. The molecule has 1 amide bonds. The Hall–Kier alpha value is -4.13. The van der Waals surface area contributed by atoms with Crippen molar-refractivity contribution in [1.29, 1.82) is 0 Å². The minimum Gasteiger partial charge on any atom is -0.497 e. The van der Waals surface area contributed by atoms with E-state index >= 15 is 0 Å². The quantitative estimate of drug-likeness (QED) is 0.427. The summed E-state index contributed by atoms with van der Waals surface area (Å²) in [4.78, 5) is 18.9. The average Bonchev–Trinajstić information content (AvgIpc) is 3.32. The summed E-state index contributed by atoms with van der Waals surface area (Å²) < 4.78 is 16.9. The number of rotatable bonds is 7. The molecule has 0 saturated carbocycles. The molecule has 7 nitrogen and oxygen atoms in total. The van der Waals surface area contributed by atoms with Gasteiger partial charge in [-0.25, -0.2) is 0 Å². The molecule has 0 unspecified atom stereocenters. The molecule has 5 rings (SSSR count). The van der Waals surface area contributed by atoms with Crippen molar-refractivity contribution in [3.05, 3.63) is 84.4 Å². The average molecular weight is 441 g/mol. The molecule has 0 radical (unpaired) electrons. The normalized spacial score (nSPS) is 13.4. The molecule has 3 aromatic carbocycles. The summed E-state index contributed by atoms with van der Waals surface area (Å²) in [5.41, 5.74) is 2.54. The number of nitrogens with zero attached hydrogens (tertiary/aromatic N) is 3. The number of amides is 1. The Kier molecular flexibility index (Phi) is 5.76. The lowest BCUT2D eigenvalue weighted by Crippen LogP contribution is -2.56. The van der Waals surface area contributed by atoms with E-state index in [1.807, 2.05) is 78.9 Å². The largest absolute Gasteiger partial charge is 0.497 e. The first-order chi connectivity index (χ1) is 16.2. The van der Waals surface area contributed by atoms with Crippen LogP contribution in [0.4, 0.5) is 0 Å². The minimum atomic E-state index is -0.0862. The fraction of sp³-hybridized carbons (Fsp3) is 0.192. The number of para-hydroxylation sites is 1. The van der Waals surface area contributed by atoms with E-state index in [0.29, 0.717) is 37.0 Å². The summed E-state index contributed by atoms with van der Waals surface area (Å²) in [6, 6.07) is 24.8. The van der Waals surface area contributed by atoms with Gasteiger partial charge in [-0.05, 0) is 29.8 Å². The molecule has 1 aliphatic rings. The van der Waals surface area contributed by atoms with Crippen molar-refractivity contribution in [3.63, 3.8) is 0 Å². The number of hydrogen-bond acceptors (Lipinski definition) is 6. The highest BCUT2D eigenvalue weighted by Gasteiger charge is 2.33. The van der Waals surface area contributed by atoms with Crippen LogP contribution in [0.2, 0.25) is 0 Å². The van der Waals surface area contributed by atoms with E-state index in [0.717, 1.165) is 22.4 Å². The lowest BCUT2D eigenvalue weighted by atomic mass is 10.1. The topological polar surface area (TPSA) is 77.7 Å². The standard InChI is InChI=1S/C26H23N3O4/c1-31-20-11-7-8-18(14-20)15-24(30)29-16-21(17-29)32-23-13-6-5-12-22(23)26-27-25(28-33-26)19-9-3-2-4-10-19/h2-14,21H,15-17H2,1H3. The maximum atomic E-state index is 12.6. The van der Waals surface area contributed by atoms with Crippen molar-refractivity contribution in [3.8, 4) is 34.3 Å². The highest BCUT2D eigenvalue weighted by molar-refractivity contribution is 5.79. The highest BCUT2D eigenvalue weighted by atomic mass is 16.5. The van der Waals surface area contributed by atoms with E-state index in [4.69, 9.17) is 14.0 Å². The van der Waals surface area contributed by atoms with Gasteiger partial charge >= 0.3 is 0 Å². The van der Waals surface area contributed by atoms with Gasteiger partial charge in [-0.1, -0.05) is 59.8 Å². The summed E-state index contributed by atoms with van der Waals surface area (Å²) in [5.74, 6) is 2.40. The molecular formula is C26H23N3O4. The Morgan fingerprint density at radius 3 is 2.64 bits per heavy atom. The first-order valence-corrected chi connectivity index (χ1v) is 10.8. The molecule has 0 bridgehead atoms. The predicted octanol–water partition coefficient (Wildman–Crippen LogP) is 4.24. The predicted molar refractivity (Wildman–Crippen MR) is 123 cm³/mol. The van der Waals surface area contributed by atoms with Gasteiger partial charge in [0, 0.05) is 5.56 Å². The molecule has 0 spiro atoms. The van der Waals surface area contributed by atoms with Gasteiger partial charge < -0.3 is 18.9 Å². The van der Waals surface area contributed by atoms with E-state index in [1.165, 1.54) is 0 Å². The molecule has 7 heteroatoms. The van der Waals surface area contributed by atoms with Crippen LogP contribution in [-0.2, 0) is 11.2 Å². The van der Waals surface area contributed by atoms with Crippen LogP contribution in [0.25, 0.3) is 22.8 Å². The number of benzene rings is 3. The van der Waals surface area contributed by atoms with Crippen molar-refractivity contribution in [2.45, 2.75) is 12.5 Å². The molecule has 166 valence electrons. The molecule has 0 aliphatic carbocycles. The third-order valence-corrected chi connectivity index (χ3v) is 5.56. The summed E-state index contributed by atoms with van der Waals surface area (Å²) >= 11 is 0. The first kappa shape index (κ1) is 20.8. The minimum absolute atomic E-state index is 0.0702. The second-order valence-electron chi connectivity index (χ2n) is 7.85. The van der Waals surface area contributed by atoms with Crippen LogP contribution in [-0.4, -0.2) is 47.3 Å². The van der Waals surface area contributed by atoms with Gasteiger partial charge in [-0.2, -0.15) is 4.98 Å². The number of methoxy groups -OCH3 is 1. The summed E-state index contributed by atoms with van der Waals surface area (Å²) in [6.45, 7) is 1.08. The molecule has 0 atom stereocenters. The van der Waals surface area contributed by atoms with Crippen molar-refractivity contribution in [2.24, 2.45) is 0 Å². The molecule has 0 N–H and O–H groups in total. The zero-order valence-corrected chi connectivity index (χ0v) is 18.2. The fourth-order valence-corrected chi connectivity index (χ4v) is 3.75. The first-order valence-electron chi connectivity index (χ1n) is 10.8. The fourth-order valence-electron chi connectivity index (χ4n) is 3.75. The zero-order valence-electron chi connectivity index (χ0n) is 18.2. The van der Waals surface area contributed by atoms with Gasteiger partial charge in [0.1, 0.15) is 17.6 Å². The summed E-state index contributed by atoms with van der Waals surface area (Å²) in [7, 11) is 1.62. The Morgan fingerprint density at radius 2 is 1.82 bits per heavy atom. The van der Waals surface area contributed by atoms with Crippen LogP contribution in [0.5, 0.6) is 11.5 Å². The SMILES string of the molecule is COc1cccc(CC(=O)N2CC(Oc3ccccc3-c3nc(-c4ccccc4)no3)C2)c1. The molecular weight excluding hydrogens is 418 g/mol. The van der Waals surface area contributed by atoms with Crippen molar-refractivity contribution in [1.82, 2.24) is 15.0 Å². The van der Waals surface area contributed by atoms with Gasteiger partial charge in [0.15, 0.2) is 0 Å². The van der Waals surface area contributed by atoms with Crippen LogP contribution < -0.4 is 9.47 Å². The van der Waals surface area contributed by atoms with Crippen LogP contribution in [0.1, 0.15) is 5.56 Å². The lowest BCUT2D eigenvalue weighted by Gasteiger charge is -2.39. The Labute approximate surface area is 191 Å². The van der Waals surface area contributed by atoms with Gasteiger partial charge in [-0.15, -0.1) is 0 Å². The number of hydrogen-bond donors (Lipinski definition) is 0. The number of ether oxygens (including phenoxy) is 2. The highest BCUT2D eigenvalue weighted by Crippen LogP contribution is 2.32. The maximum Gasteiger partial charge on any atom is 0.262 e. The van der Waals surface area contributed by atoms with Gasteiger partial charge in [0.2, 0.25) is 11.7 Å². The smallest absolute Gasteiger partial charge is 0.262 e. The number of likely N-dealkylation sites (tertiary alicyclic amines) is 1. The van der Waals surface area contributed by atoms with Gasteiger partial charge in [0.25, 0.3) is 5.89 Å². The second kappa shape index (κ2) is 9.16. The number of carbonyl (C=O) groups is 1. The van der Waals surface area contributed by atoms with Gasteiger partial charge in [-0.3, -0.25) is 4.79 Å². The molecule has 1 saturated heterocycles. The van der Waals surface area contributed by atoms with E-state index in [1.54, 1.807) is 12.0 Å². The maximum absolute atomic E-state index is 12.6. The lowest BCUT2D eigenvalue weighted by molar-refractivity contribution is -0.139. The summed E-state index contributed by atoms with van der Waals surface area (Å²) in [5, 5.41) is 4.10. The molecule has 1 aliphatic heterocycles. The Bertz CT molecular complexity index is 1250. The van der Waals surface area contributed by atoms with Crippen LogP contribution in [0.3, 0.4) is 0 Å². The second-order valence-corrected chi connectivity index (χ2v) is 7.85. The number of carbonyl (C=O) groups excluding carboxylic acids is 1. The monoisotopic (exact) mass is 441 g/mol. The van der Waals surface area contributed by atoms with E-state index < -0.39 is 0 Å². The van der Waals surface area contributed by atoms with Crippen LogP contribution in [0, 0.1) is 0 Å². The van der Waals surface area contributed by atoms with Crippen molar-refractivity contribution < 1.29 is 18.8 Å². The molecule has 2 heterocycles. The van der Waals surface area contributed by atoms with Crippen molar-refractivity contribution >= 4 is 5.91 Å². The van der Waals surface area contributed by atoms with Crippen LogP contribution in [0.15, 0.2) is 83.4 Å². The molecule has 1 aromatic heterocycles. The Morgan fingerprint density at radius 1 is 1.03 bits per heavy atom. The molecule has 33 heavy (non-hydrogen) atoms. The van der Waals surface area contributed by atoms with E-state index in [-0.39, 0.29) is 12.0 Å². The number of aromatic nitrogens is 2. The van der Waals surface area contributed by atoms with Crippen LogP contribution >= 0.6 is 0 Å². The molecule has 4 aromatic rings. The Balaban J connectivity index is 1.22. The molecule has 1 fully saturated rings.